The van der Waals surface area contributed by atoms with Crippen molar-refractivity contribution in [1.82, 2.24) is 5.32 Å². The number of hydrogen-bond acceptors (Lipinski definition) is 2. The highest BCUT2D eigenvalue weighted by Gasteiger charge is 2.15. The van der Waals surface area contributed by atoms with Crippen LogP contribution in [0.2, 0.25) is 0 Å². The van der Waals surface area contributed by atoms with Crippen molar-refractivity contribution in [3.8, 4) is 5.75 Å². The smallest absolute Gasteiger partial charge is 0.258 e. The van der Waals surface area contributed by atoms with Crippen LogP contribution in [0.3, 0.4) is 0 Å². The zero-order valence-corrected chi connectivity index (χ0v) is 16.1. The van der Waals surface area contributed by atoms with Crippen LogP contribution >= 0.6 is 0 Å². The number of hydrogen-bond donors (Lipinski definition) is 1. The minimum absolute atomic E-state index is 0.0225. The summed E-state index contributed by atoms with van der Waals surface area (Å²) in [6.07, 6.45) is 0. The molecule has 0 aliphatic heterocycles. The van der Waals surface area contributed by atoms with E-state index in [1.54, 1.807) is 0 Å². The molecule has 0 radical (unpaired) electrons. The molecule has 0 saturated carbocycles. The van der Waals surface area contributed by atoms with Crippen LogP contribution in [0.25, 0.3) is 0 Å². The summed E-state index contributed by atoms with van der Waals surface area (Å²) in [6.45, 7) is 12.6. The molecule has 0 unspecified atom stereocenters. The predicted octanol–water partition coefficient (Wildman–Crippen LogP) is 4.86. The maximum absolute atomic E-state index is 12.2. The lowest BCUT2D eigenvalue weighted by Gasteiger charge is -2.21. The standard InChI is InChI=1S/C22H29NO2/c1-15-7-8-16(2)20(13-15)25-14-21(24)23-17(3)18-9-11-19(12-10-18)22(4,5)6/h7-13,17H,14H2,1-6H3,(H,23,24)/t17-/m0/s1. The lowest BCUT2D eigenvalue weighted by Crippen LogP contribution is -2.31. The zero-order chi connectivity index (χ0) is 18.6. The molecule has 0 aromatic heterocycles. The molecule has 3 nitrogen and oxygen atoms in total. The zero-order valence-electron chi connectivity index (χ0n) is 16.1. The quantitative estimate of drug-likeness (QED) is 0.845. The summed E-state index contributed by atoms with van der Waals surface area (Å²) >= 11 is 0. The molecule has 0 spiro atoms. The van der Waals surface area contributed by atoms with Gasteiger partial charge in [-0.25, -0.2) is 0 Å². The maximum Gasteiger partial charge on any atom is 0.258 e. The van der Waals surface area contributed by atoms with Gasteiger partial charge in [0, 0.05) is 0 Å². The Morgan fingerprint density at radius 1 is 1.08 bits per heavy atom. The molecule has 1 amide bonds. The topological polar surface area (TPSA) is 38.3 Å². The van der Waals surface area contributed by atoms with Gasteiger partial charge in [0.15, 0.2) is 6.61 Å². The highest BCUT2D eigenvalue weighted by atomic mass is 16.5. The van der Waals surface area contributed by atoms with E-state index in [-0.39, 0.29) is 24.0 Å². The SMILES string of the molecule is Cc1ccc(C)c(OCC(=O)N[C@@H](C)c2ccc(C(C)(C)C)cc2)c1. The van der Waals surface area contributed by atoms with Gasteiger partial charge in [0.1, 0.15) is 5.75 Å². The third kappa shape index (κ3) is 5.35. The van der Waals surface area contributed by atoms with E-state index in [9.17, 15) is 4.79 Å². The number of rotatable bonds is 5. The summed E-state index contributed by atoms with van der Waals surface area (Å²) in [4.78, 5) is 12.2. The molecule has 134 valence electrons. The van der Waals surface area contributed by atoms with Crippen molar-refractivity contribution in [2.75, 3.05) is 6.61 Å². The molecule has 2 aromatic rings. The Kier molecular flexibility index (Phi) is 5.89. The molecule has 1 N–H and O–H groups in total. The van der Waals surface area contributed by atoms with Gasteiger partial charge in [0.05, 0.1) is 6.04 Å². The number of amides is 1. The highest BCUT2D eigenvalue weighted by molar-refractivity contribution is 5.78. The van der Waals surface area contributed by atoms with Crippen molar-refractivity contribution < 1.29 is 9.53 Å². The van der Waals surface area contributed by atoms with E-state index in [1.807, 2.05) is 39.0 Å². The van der Waals surface area contributed by atoms with Gasteiger partial charge in [-0.05, 0) is 54.5 Å². The third-order valence-electron chi connectivity index (χ3n) is 4.36. The third-order valence-corrected chi connectivity index (χ3v) is 4.36. The Morgan fingerprint density at radius 2 is 1.72 bits per heavy atom. The lowest BCUT2D eigenvalue weighted by atomic mass is 9.86. The summed E-state index contributed by atoms with van der Waals surface area (Å²) < 4.78 is 5.67. The Labute approximate surface area is 151 Å². The molecule has 2 rings (SSSR count). The van der Waals surface area contributed by atoms with Gasteiger partial charge in [-0.1, -0.05) is 57.2 Å². The molecule has 2 aromatic carbocycles. The van der Waals surface area contributed by atoms with Gasteiger partial charge in [0.2, 0.25) is 0 Å². The number of benzene rings is 2. The van der Waals surface area contributed by atoms with Gasteiger partial charge in [-0.15, -0.1) is 0 Å². The first-order valence-electron chi connectivity index (χ1n) is 8.76. The van der Waals surface area contributed by atoms with Crippen molar-refractivity contribution >= 4 is 5.91 Å². The lowest BCUT2D eigenvalue weighted by molar-refractivity contribution is -0.123. The fourth-order valence-electron chi connectivity index (χ4n) is 2.64. The molecule has 0 saturated heterocycles. The van der Waals surface area contributed by atoms with E-state index in [4.69, 9.17) is 4.74 Å². The monoisotopic (exact) mass is 339 g/mol. The number of nitrogens with one attached hydrogen (secondary N) is 1. The van der Waals surface area contributed by atoms with Gasteiger partial charge in [-0.2, -0.15) is 0 Å². The number of carbonyl (C=O) groups is 1. The highest BCUT2D eigenvalue weighted by Crippen LogP contribution is 2.24. The fraction of sp³-hybridized carbons (Fsp3) is 0.409. The van der Waals surface area contributed by atoms with Crippen LogP contribution in [0.15, 0.2) is 42.5 Å². The molecule has 0 aliphatic carbocycles. The first-order valence-corrected chi connectivity index (χ1v) is 8.76. The van der Waals surface area contributed by atoms with E-state index >= 15 is 0 Å². The first-order chi connectivity index (χ1) is 11.7. The Balaban J connectivity index is 1.92. The van der Waals surface area contributed by atoms with E-state index in [2.05, 4.69) is 50.4 Å². The predicted molar refractivity (Wildman–Crippen MR) is 103 cm³/mol. The second-order valence-electron chi connectivity index (χ2n) is 7.72. The largest absolute Gasteiger partial charge is 0.483 e. The Morgan fingerprint density at radius 3 is 2.32 bits per heavy atom. The van der Waals surface area contributed by atoms with Gasteiger partial charge >= 0.3 is 0 Å². The Bertz CT molecular complexity index is 727. The molecule has 0 bridgehead atoms. The van der Waals surface area contributed by atoms with Gasteiger partial charge in [-0.3, -0.25) is 4.79 Å². The molecule has 0 heterocycles. The summed E-state index contributed by atoms with van der Waals surface area (Å²) in [5.41, 5.74) is 4.66. The summed E-state index contributed by atoms with van der Waals surface area (Å²) in [7, 11) is 0. The first kappa shape index (κ1) is 19.0. The van der Waals surface area contributed by atoms with Crippen molar-refractivity contribution in [3.63, 3.8) is 0 Å². The van der Waals surface area contributed by atoms with Gasteiger partial charge in [0.25, 0.3) is 5.91 Å². The van der Waals surface area contributed by atoms with E-state index in [0.717, 1.165) is 22.4 Å². The molecular formula is C22H29NO2. The molecule has 0 aliphatic rings. The average Bonchev–Trinajstić information content (AvgIpc) is 2.55. The van der Waals surface area contributed by atoms with Crippen LogP contribution in [0.4, 0.5) is 0 Å². The molecule has 1 atom stereocenters. The summed E-state index contributed by atoms with van der Waals surface area (Å²) in [6, 6.07) is 14.4. The van der Waals surface area contributed by atoms with Crippen LogP contribution in [0.5, 0.6) is 5.75 Å². The van der Waals surface area contributed by atoms with Crippen LogP contribution < -0.4 is 10.1 Å². The number of carbonyl (C=O) groups excluding carboxylic acids is 1. The summed E-state index contributed by atoms with van der Waals surface area (Å²) in [5, 5.41) is 2.99. The second-order valence-corrected chi connectivity index (χ2v) is 7.72. The van der Waals surface area contributed by atoms with E-state index < -0.39 is 0 Å². The van der Waals surface area contributed by atoms with Crippen molar-refractivity contribution in [3.05, 3.63) is 64.7 Å². The fourth-order valence-corrected chi connectivity index (χ4v) is 2.64. The minimum atomic E-state index is -0.117. The summed E-state index contributed by atoms with van der Waals surface area (Å²) in [5.74, 6) is 0.644. The molecule has 25 heavy (non-hydrogen) atoms. The minimum Gasteiger partial charge on any atom is -0.483 e. The van der Waals surface area contributed by atoms with Crippen molar-refractivity contribution in [2.24, 2.45) is 0 Å². The van der Waals surface area contributed by atoms with Crippen LogP contribution in [-0.2, 0) is 10.2 Å². The normalized spacial score (nSPS) is 12.6. The number of aryl methyl sites for hydroxylation is 2. The van der Waals surface area contributed by atoms with Crippen molar-refractivity contribution in [1.29, 1.82) is 0 Å². The average molecular weight is 339 g/mol. The van der Waals surface area contributed by atoms with Crippen LogP contribution in [0, 0.1) is 13.8 Å². The van der Waals surface area contributed by atoms with E-state index in [0.29, 0.717) is 0 Å². The van der Waals surface area contributed by atoms with Crippen LogP contribution in [-0.4, -0.2) is 12.5 Å². The van der Waals surface area contributed by atoms with Crippen LogP contribution in [0.1, 0.15) is 56.0 Å². The molecular weight excluding hydrogens is 310 g/mol. The van der Waals surface area contributed by atoms with Gasteiger partial charge < -0.3 is 10.1 Å². The molecule has 3 heteroatoms. The maximum atomic E-state index is 12.2. The molecule has 0 fully saturated rings. The van der Waals surface area contributed by atoms with E-state index in [1.165, 1.54) is 5.56 Å². The Hall–Kier alpha value is -2.29. The second kappa shape index (κ2) is 7.73. The van der Waals surface area contributed by atoms with Crippen molar-refractivity contribution in [2.45, 2.75) is 53.0 Å². The number of ether oxygens (including phenoxy) is 1.